The van der Waals surface area contributed by atoms with Crippen LogP contribution in [0.3, 0.4) is 0 Å². The summed E-state index contributed by atoms with van der Waals surface area (Å²) in [5.41, 5.74) is 0.879. The second kappa shape index (κ2) is 7.42. The summed E-state index contributed by atoms with van der Waals surface area (Å²) in [4.78, 5) is 26.6. The molecule has 8 heteroatoms. The highest BCUT2D eigenvalue weighted by atomic mass is 16.6. The molecule has 3 rings (SSSR count). The van der Waals surface area contributed by atoms with Crippen LogP contribution in [0.15, 0.2) is 30.3 Å². The molecule has 0 saturated carbocycles. The maximum Gasteiger partial charge on any atom is 0.417 e. The van der Waals surface area contributed by atoms with E-state index in [0.29, 0.717) is 18.7 Å². The lowest BCUT2D eigenvalue weighted by Gasteiger charge is -2.23. The largest absolute Gasteiger partial charge is 0.439 e. The Balaban J connectivity index is 1.78. The first kappa shape index (κ1) is 17.1. The van der Waals surface area contributed by atoms with Crippen LogP contribution >= 0.6 is 0 Å². The van der Waals surface area contributed by atoms with Gasteiger partial charge in [0.05, 0.1) is 6.04 Å². The molecule has 2 amide bonds. The second-order valence-electron chi connectivity index (χ2n) is 6.18. The third kappa shape index (κ3) is 3.52. The molecule has 1 saturated heterocycles. The molecule has 1 aromatic carbocycles. The summed E-state index contributed by atoms with van der Waals surface area (Å²) >= 11 is 0. The first-order valence-electron chi connectivity index (χ1n) is 8.42. The van der Waals surface area contributed by atoms with E-state index in [9.17, 15) is 9.59 Å². The molecule has 2 heterocycles. The number of ether oxygens (including phenoxy) is 1. The molecule has 0 spiro atoms. The summed E-state index contributed by atoms with van der Waals surface area (Å²) in [5.74, 6) is -0.165. The predicted molar refractivity (Wildman–Crippen MR) is 88.3 cm³/mol. The number of H-pyrrole nitrogens is 1. The van der Waals surface area contributed by atoms with E-state index in [1.165, 1.54) is 4.90 Å². The lowest BCUT2D eigenvalue weighted by atomic mass is 9.96. The Morgan fingerprint density at radius 1 is 1.36 bits per heavy atom. The van der Waals surface area contributed by atoms with E-state index in [0.717, 1.165) is 12.0 Å². The highest BCUT2D eigenvalue weighted by Gasteiger charge is 2.45. The number of nitrogens with one attached hydrogen (secondary N) is 1. The van der Waals surface area contributed by atoms with Gasteiger partial charge in [-0.15, -0.1) is 10.2 Å². The van der Waals surface area contributed by atoms with Crippen LogP contribution in [0.5, 0.6) is 0 Å². The lowest BCUT2D eigenvalue weighted by molar-refractivity contribution is -0.133. The van der Waals surface area contributed by atoms with Crippen LogP contribution in [0.1, 0.15) is 44.2 Å². The number of tetrazole rings is 1. The third-order valence-corrected chi connectivity index (χ3v) is 4.44. The van der Waals surface area contributed by atoms with Crippen molar-refractivity contribution in [3.8, 4) is 0 Å². The van der Waals surface area contributed by atoms with Crippen molar-refractivity contribution in [2.75, 3.05) is 0 Å². The number of rotatable bonds is 6. The molecule has 0 bridgehead atoms. The minimum Gasteiger partial charge on any atom is -0.439 e. The summed E-state index contributed by atoms with van der Waals surface area (Å²) < 4.78 is 5.47. The lowest BCUT2D eigenvalue weighted by Crippen LogP contribution is -2.42. The molecule has 25 heavy (non-hydrogen) atoms. The van der Waals surface area contributed by atoms with Crippen molar-refractivity contribution < 1.29 is 14.3 Å². The molecule has 1 aliphatic heterocycles. The van der Waals surface area contributed by atoms with Crippen molar-refractivity contribution in [1.82, 2.24) is 25.5 Å². The number of carbonyl (C=O) groups is 2. The SMILES string of the molecule is CCC[C@@H](Cc1nn[nH]n1)C(=O)N1C(=O)O[C@@H](c2ccccc2)[C@H]1C. The molecule has 1 aliphatic rings. The maximum absolute atomic E-state index is 13.0. The zero-order valence-corrected chi connectivity index (χ0v) is 14.3. The minimum absolute atomic E-state index is 0.248. The van der Waals surface area contributed by atoms with E-state index in [2.05, 4.69) is 20.6 Å². The van der Waals surface area contributed by atoms with Crippen molar-refractivity contribution in [3.05, 3.63) is 41.7 Å². The number of amides is 2. The molecule has 1 N–H and O–H groups in total. The summed E-state index contributed by atoms with van der Waals surface area (Å²) in [6.45, 7) is 3.83. The standard InChI is InChI=1S/C17H21N5O3/c1-3-7-13(10-14-18-20-21-19-14)16(23)22-11(2)15(25-17(22)24)12-8-5-4-6-9-12/h4-6,8-9,11,13,15H,3,7,10H2,1-2H3,(H,18,19,20,21)/t11-,13+,15-/m1/s1. The summed E-state index contributed by atoms with van der Waals surface area (Å²) in [6, 6.07) is 9.09. The predicted octanol–water partition coefficient (Wildman–Crippen LogP) is 2.27. The highest BCUT2D eigenvalue weighted by molar-refractivity contribution is 5.95. The topological polar surface area (TPSA) is 101 Å². The zero-order valence-electron chi connectivity index (χ0n) is 14.3. The van der Waals surface area contributed by atoms with Gasteiger partial charge in [0.15, 0.2) is 5.82 Å². The number of cyclic esters (lactones) is 1. The Kier molecular flexibility index (Phi) is 5.06. The van der Waals surface area contributed by atoms with Gasteiger partial charge in [0.1, 0.15) is 6.10 Å². The van der Waals surface area contributed by atoms with Crippen LogP contribution in [0, 0.1) is 5.92 Å². The van der Waals surface area contributed by atoms with Gasteiger partial charge < -0.3 is 4.74 Å². The number of imide groups is 1. The molecule has 0 unspecified atom stereocenters. The smallest absolute Gasteiger partial charge is 0.417 e. The Morgan fingerprint density at radius 3 is 2.76 bits per heavy atom. The van der Waals surface area contributed by atoms with Gasteiger partial charge in [-0.2, -0.15) is 5.21 Å². The molecule has 2 aromatic rings. The summed E-state index contributed by atoms with van der Waals surface area (Å²) in [5, 5.41) is 13.7. The number of aromatic nitrogens is 4. The Bertz CT molecular complexity index is 719. The molecule has 8 nitrogen and oxygen atoms in total. The molecule has 1 fully saturated rings. The van der Waals surface area contributed by atoms with E-state index >= 15 is 0 Å². The van der Waals surface area contributed by atoms with Crippen LogP contribution in [-0.4, -0.2) is 43.6 Å². The van der Waals surface area contributed by atoms with Crippen molar-refractivity contribution >= 4 is 12.0 Å². The number of benzene rings is 1. The third-order valence-electron chi connectivity index (χ3n) is 4.44. The van der Waals surface area contributed by atoms with Crippen LogP contribution < -0.4 is 0 Å². The van der Waals surface area contributed by atoms with Gasteiger partial charge in [0, 0.05) is 12.3 Å². The molecular weight excluding hydrogens is 322 g/mol. The fraction of sp³-hybridized carbons (Fsp3) is 0.471. The number of carbonyl (C=O) groups excluding carboxylic acids is 2. The first-order chi connectivity index (χ1) is 12.1. The zero-order chi connectivity index (χ0) is 17.8. The maximum atomic E-state index is 13.0. The number of aromatic amines is 1. The molecule has 132 valence electrons. The van der Waals surface area contributed by atoms with Crippen molar-refractivity contribution in [2.24, 2.45) is 5.92 Å². The average Bonchev–Trinajstić information content (AvgIpc) is 3.22. The molecule has 0 radical (unpaired) electrons. The summed E-state index contributed by atoms with van der Waals surface area (Å²) in [7, 11) is 0. The molecule has 0 aliphatic carbocycles. The van der Waals surface area contributed by atoms with Crippen LogP contribution in [0.2, 0.25) is 0 Å². The van der Waals surface area contributed by atoms with Gasteiger partial charge in [-0.25, -0.2) is 9.69 Å². The van der Waals surface area contributed by atoms with E-state index in [1.807, 2.05) is 44.2 Å². The number of hydrogen-bond acceptors (Lipinski definition) is 6. The first-order valence-corrected chi connectivity index (χ1v) is 8.42. The van der Waals surface area contributed by atoms with Crippen LogP contribution in [-0.2, 0) is 16.0 Å². The van der Waals surface area contributed by atoms with E-state index < -0.39 is 12.2 Å². The van der Waals surface area contributed by atoms with Crippen molar-refractivity contribution in [3.63, 3.8) is 0 Å². The van der Waals surface area contributed by atoms with Crippen molar-refractivity contribution in [1.29, 1.82) is 0 Å². The number of hydrogen-bond donors (Lipinski definition) is 1. The van der Waals surface area contributed by atoms with Gasteiger partial charge in [-0.1, -0.05) is 48.9 Å². The quantitative estimate of drug-likeness (QED) is 0.863. The molecular formula is C17H21N5O3. The van der Waals surface area contributed by atoms with Gasteiger partial charge >= 0.3 is 6.09 Å². The fourth-order valence-corrected chi connectivity index (χ4v) is 3.19. The van der Waals surface area contributed by atoms with Gasteiger partial charge in [0.2, 0.25) is 5.91 Å². The van der Waals surface area contributed by atoms with E-state index in [-0.39, 0.29) is 17.9 Å². The monoisotopic (exact) mass is 343 g/mol. The second-order valence-corrected chi connectivity index (χ2v) is 6.18. The highest BCUT2D eigenvalue weighted by Crippen LogP contribution is 2.34. The van der Waals surface area contributed by atoms with Crippen LogP contribution in [0.25, 0.3) is 0 Å². The fourth-order valence-electron chi connectivity index (χ4n) is 3.19. The Labute approximate surface area is 145 Å². The van der Waals surface area contributed by atoms with Gasteiger partial charge in [-0.05, 0) is 18.9 Å². The average molecular weight is 343 g/mol. The van der Waals surface area contributed by atoms with Gasteiger partial charge in [-0.3, -0.25) is 4.79 Å². The van der Waals surface area contributed by atoms with Crippen molar-refractivity contribution in [2.45, 2.75) is 45.3 Å². The molecule has 3 atom stereocenters. The van der Waals surface area contributed by atoms with E-state index in [1.54, 1.807) is 0 Å². The molecule has 1 aromatic heterocycles. The van der Waals surface area contributed by atoms with E-state index in [4.69, 9.17) is 4.74 Å². The summed E-state index contributed by atoms with van der Waals surface area (Å²) in [6.07, 6.45) is 0.745. The van der Waals surface area contributed by atoms with Gasteiger partial charge in [0.25, 0.3) is 0 Å². The van der Waals surface area contributed by atoms with Crippen LogP contribution in [0.4, 0.5) is 4.79 Å². The number of nitrogens with zero attached hydrogens (tertiary/aromatic N) is 4. The Hall–Kier alpha value is -2.77. The Morgan fingerprint density at radius 2 is 2.12 bits per heavy atom. The normalized spacial score (nSPS) is 21.2. The minimum atomic E-state index is -0.597.